The van der Waals surface area contributed by atoms with Crippen LogP contribution in [0.2, 0.25) is 0 Å². The first-order chi connectivity index (χ1) is 15.7. The van der Waals surface area contributed by atoms with Crippen LogP contribution in [0.1, 0.15) is 38.2 Å². The van der Waals surface area contributed by atoms with E-state index in [0.717, 1.165) is 49.0 Å². The number of anilines is 4. The number of likely N-dealkylation sites (N-methyl/N-ethyl adjacent to an activating group) is 1. The van der Waals surface area contributed by atoms with Crippen molar-refractivity contribution in [2.75, 3.05) is 61.6 Å². The van der Waals surface area contributed by atoms with Crippen molar-refractivity contribution in [3.8, 4) is 5.75 Å². The summed E-state index contributed by atoms with van der Waals surface area (Å²) in [6.07, 6.45) is 8.75. The van der Waals surface area contributed by atoms with Gasteiger partial charge in [0.1, 0.15) is 18.2 Å². The molecular formula is C24H33N7O. The van der Waals surface area contributed by atoms with Gasteiger partial charge >= 0.3 is 0 Å². The Kier molecular flexibility index (Phi) is 6.12. The summed E-state index contributed by atoms with van der Waals surface area (Å²) in [5.74, 6) is 2.41. The number of nitrogens with zero attached hydrogens (tertiary/aromatic N) is 6. The lowest BCUT2D eigenvalue weighted by molar-refractivity contribution is 0.312. The first-order valence-corrected chi connectivity index (χ1v) is 11.8. The second kappa shape index (κ2) is 9.32. The smallest absolute Gasteiger partial charge is 0.229 e. The van der Waals surface area contributed by atoms with E-state index in [1.807, 2.05) is 19.3 Å². The van der Waals surface area contributed by atoms with Gasteiger partial charge in [-0.15, -0.1) is 0 Å². The van der Waals surface area contributed by atoms with Crippen LogP contribution in [0.25, 0.3) is 0 Å². The monoisotopic (exact) mass is 435 g/mol. The maximum Gasteiger partial charge on any atom is 0.229 e. The highest BCUT2D eigenvalue weighted by Gasteiger charge is 2.27. The molecule has 170 valence electrons. The molecule has 0 atom stereocenters. The highest BCUT2D eigenvalue weighted by Crippen LogP contribution is 2.34. The van der Waals surface area contributed by atoms with Crippen molar-refractivity contribution in [2.24, 2.45) is 4.99 Å². The summed E-state index contributed by atoms with van der Waals surface area (Å²) >= 11 is 0. The summed E-state index contributed by atoms with van der Waals surface area (Å²) in [7, 11) is 2.17. The Balaban J connectivity index is 1.38. The second-order valence-corrected chi connectivity index (χ2v) is 8.86. The van der Waals surface area contributed by atoms with E-state index in [4.69, 9.17) is 9.72 Å². The Labute approximate surface area is 190 Å². The third kappa shape index (κ3) is 4.37. The molecule has 1 aromatic heterocycles. The van der Waals surface area contributed by atoms with Gasteiger partial charge in [-0.25, -0.2) is 4.98 Å². The molecule has 32 heavy (non-hydrogen) atoms. The predicted octanol–water partition coefficient (Wildman–Crippen LogP) is 3.51. The summed E-state index contributed by atoms with van der Waals surface area (Å²) in [4.78, 5) is 21.1. The number of aromatic nitrogens is 2. The number of rotatable bonds is 6. The lowest BCUT2D eigenvalue weighted by Gasteiger charge is -2.34. The number of fused-ring (bicyclic) bond motifs is 1. The normalized spacial score (nSPS) is 19.3. The standard InChI is InChI=1S/C24H33N7O/c1-3-32-22-14-20(30-12-10-29(2)11-13-30)8-9-21(22)27-24-26-16-18-15-25-17-31(23(18)28-24)19-6-4-5-7-19/h8-9,14-16,19H,3-7,10-13,17H2,1-2H3,(H,26,27,28). The summed E-state index contributed by atoms with van der Waals surface area (Å²) in [6.45, 7) is 7.51. The second-order valence-electron chi connectivity index (χ2n) is 8.86. The summed E-state index contributed by atoms with van der Waals surface area (Å²) in [5.41, 5.74) is 3.08. The van der Waals surface area contributed by atoms with E-state index in [1.165, 1.54) is 31.4 Å². The molecule has 1 saturated carbocycles. The molecule has 2 fully saturated rings. The molecule has 8 heteroatoms. The third-order valence-electron chi connectivity index (χ3n) is 6.68. The molecule has 2 aromatic rings. The van der Waals surface area contributed by atoms with Crippen molar-refractivity contribution in [3.63, 3.8) is 0 Å². The van der Waals surface area contributed by atoms with E-state index in [9.17, 15) is 0 Å². The molecule has 1 saturated heterocycles. The Morgan fingerprint density at radius 2 is 1.94 bits per heavy atom. The van der Waals surface area contributed by atoms with Gasteiger partial charge in [0.25, 0.3) is 0 Å². The van der Waals surface area contributed by atoms with Crippen LogP contribution in [0, 0.1) is 0 Å². The van der Waals surface area contributed by atoms with Gasteiger partial charge < -0.3 is 24.8 Å². The number of aliphatic imine (C=N–C) groups is 1. The number of ether oxygens (including phenoxy) is 1. The fraction of sp³-hybridized carbons (Fsp3) is 0.542. The number of hydrogen-bond acceptors (Lipinski definition) is 8. The molecule has 0 spiro atoms. The largest absolute Gasteiger partial charge is 0.492 e. The third-order valence-corrected chi connectivity index (χ3v) is 6.68. The van der Waals surface area contributed by atoms with Crippen LogP contribution in [0.3, 0.4) is 0 Å². The van der Waals surface area contributed by atoms with Gasteiger partial charge in [-0.2, -0.15) is 4.98 Å². The van der Waals surface area contributed by atoms with Crippen molar-refractivity contribution in [1.29, 1.82) is 0 Å². The number of piperazine rings is 1. The fourth-order valence-electron chi connectivity index (χ4n) is 4.83. The molecule has 0 radical (unpaired) electrons. The molecule has 1 aliphatic carbocycles. The van der Waals surface area contributed by atoms with Crippen molar-refractivity contribution in [2.45, 2.75) is 38.6 Å². The van der Waals surface area contributed by atoms with Crippen LogP contribution >= 0.6 is 0 Å². The summed E-state index contributed by atoms with van der Waals surface area (Å²) in [6, 6.07) is 6.90. The molecule has 0 bridgehead atoms. The number of benzene rings is 1. The molecule has 0 amide bonds. The van der Waals surface area contributed by atoms with Crippen molar-refractivity contribution in [1.82, 2.24) is 14.9 Å². The lowest BCUT2D eigenvalue weighted by Crippen LogP contribution is -2.44. The minimum absolute atomic E-state index is 0.524. The van der Waals surface area contributed by atoms with Crippen molar-refractivity contribution >= 4 is 29.4 Å². The van der Waals surface area contributed by atoms with Gasteiger partial charge in [0, 0.05) is 56.4 Å². The Morgan fingerprint density at radius 1 is 1.12 bits per heavy atom. The highest BCUT2D eigenvalue weighted by atomic mass is 16.5. The molecule has 1 N–H and O–H groups in total. The Morgan fingerprint density at radius 3 is 2.72 bits per heavy atom. The summed E-state index contributed by atoms with van der Waals surface area (Å²) in [5, 5.41) is 3.41. The maximum absolute atomic E-state index is 5.99. The molecule has 0 unspecified atom stereocenters. The first kappa shape index (κ1) is 21.0. The van der Waals surface area contributed by atoms with E-state index in [-0.39, 0.29) is 0 Å². The maximum atomic E-state index is 5.99. The van der Waals surface area contributed by atoms with E-state index in [0.29, 0.717) is 25.3 Å². The van der Waals surface area contributed by atoms with Crippen LogP contribution in [0.5, 0.6) is 5.75 Å². The average molecular weight is 436 g/mol. The van der Waals surface area contributed by atoms with Crippen molar-refractivity contribution in [3.05, 3.63) is 30.0 Å². The average Bonchev–Trinajstić information content (AvgIpc) is 3.35. The van der Waals surface area contributed by atoms with Gasteiger partial charge in [-0.05, 0) is 38.9 Å². The molecular weight excluding hydrogens is 402 g/mol. The first-order valence-electron chi connectivity index (χ1n) is 11.8. The molecule has 1 aromatic carbocycles. The molecule has 8 nitrogen and oxygen atoms in total. The predicted molar refractivity (Wildman–Crippen MR) is 130 cm³/mol. The van der Waals surface area contributed by atoms with E-state index in [1.54, 1.807) is 0 Å². The van der Waals surface area contributed by atoms with E-state index < -0.39 is 0 Å². The quantitative estimate of drug-likeness (QED) is 0.745. The molecule has 2 aliphatic heterocycles. The Bertz CT molecular complexity index is 965. The minimum atomic E-state index is 0.524. The minimum Gasteiger partial charge on any atom is -0.492 e. The zero-order chi connectivity index (χ0) is 21.9. The van der Waals surface area contributed by atoms with Crippen molar-refractivity contribution < 1.29 is 4.74 Å². The van der Waals surface area contributed by atoms with Gasteiger partial charge in [0.05, 0.1) is 17.9 Å². The topological polar surface area (TPSA) is 69.1 Å². The zero-order valence-corrected chi connectivity index (χ0v) is 19.1. The van der Waals surface area contributed by atoms with Crippen LogP contribution in [-0.2, 0) is 0 Å². The molecule has 3 aliphatic rings. The highest BCUT2D eigenvalue weighted by molar-refractivity contribution is 5.88. The van der Waals surface area contributed by atoms with Gasteiger partial charge in [0.2, 0.25) is 5.95 Å². The number of nitrogens with one attached hydrogen (secondary N) is 1. The SMILES string of the molecule is CCOc1cc(N2CCN(C)CC2)ccc1Nc1ncc2c(n1)N(C1CCCC1)CN=C2. The van der Waals surface area contributed by atoms with Crippen LogP contribution in [0.4, 0.5) is 23.1 Å². The number of hydrogen-bond donors (Lipinski definition) is 1. The molecule has 5 rings (SSSR count). The zero-order valence-electron chi connectivity index (χ0n) is 19.1. The molecule has 3 heterocycles. The van der Waals surface area contributed by atoms with E-state index in [2.05, 4.69) is 55.2 Å². The fourth-order valence-corrected chi connectivity index (χ4v) is 4.83. The van der Waals surface area contributed by atoms with E-state index >= 15 is 0 Å². The summed E-state index contributed by atoms with van der Waals surface area (Å²) < 4.78 is 5.99. The van der Waals surface area contributed by atoms with Crippen LogP contribution < -0.4 is 19.9 Å². The van der Waals surface area contributed by atoms with Crippen LogP contribution in [-0.4, -0.2) is 73.6 Å². The van der Waals surface area contributed by atoms with Crippen LogP contribution in [0.15, 0.2) is 29.4 Å². The van der Waals surface area contributed by atoms with Gasteiger partial charge in [-0.3, -0.25) is 4.99 Å². The van der Waals surface area contributed by atoms with Gasteiger partial charge in [-0.1, -0.05) is 12.8 Å². The van der Waals surface area contributed by atoms with Gasteiger partial charge in [0.15, 0.2) is 0 Å². The Hall–Kier alpha value is -2.87. The lowest BCUT2D eigenvalue weighted by atomic mass is 10.2.